The zero-order valence-electron chi connectivity index (χ0n) is 17.0. The molecule has 2 aromatic carbocycles. The molecule has 32 heavy (non-hydrogen) atoms. The predicted molar refractivity (Wildman–Crippen MR) is 115 cm³/mol. The summed E-state index contributed by atoms with van der Waals surface area (Å²) in [6, 6.07) is 15.8. The van der Waals surface area contributed by atoms with Gasteiger partial charge in [-0.15, -0.1) is 0 Å². The smallest absolute Gasteiger partial charge is 0.331 e. The summed E-state index contributed by atoms with van der Waals surface area (Å²) in [6.45, 7) is -0.610. The van der Waals surface area contributed by atoms with Gasteiger partial charge in [0.2, 0.25) is 0 Å². The number of para-hydroxylation sites is 2. The molecule has 0 aliphatic heterocycles. The molecule has 0 amide bonds. The zero-order valence-corrected chi connectivity index (χ0v) is 17.0. The molecule has 0 fully saturated rings. The third-order valence-corrected chi connectivity index (χ3v) is 4.27. The Morgan fingerprint density at radius 2 is 2.03 bits per heavy atom. The molecule has 9 heteroatoms. The Labute approximate surface area is 183 Å². The molecule has 3 aromatic rings. The van der Waals surface area contributed by atoms with E-state index < -0.39 is 18.3 Å². The van der Waals surface area contributed by atoms with Crippen LogP contribution >= 0.6 is 0 Å². The van der Waals surface area contributed by atoms with Gasteiger partial charge in [0.25, 0.3) is 0 Å². The summed E-state index contributed by atoms with van der Waals surface area (Å²) in [5, 5.41) is 28.2. The molecule has 0 saturated heterocycles. The van der Waals surface area contributed by atoms with Crippen LogP contribution in [0.15, 0.2) is 54.3 Å². The van der Waals surface area contributed by atoms with E-state index in [1.54, 1.807) is 36.4 Å². The van der Waals surface area contributed by atoms with E-state index in [1.807, 2.05) is 18.2 Å². The minimum Gasteiger partial charge on any atom is -0.507 e. The van der Waals surface area contributed by atoms with Crippen molar-refractivity contribution in [2.45, 2.75) is 0 Å². The lowest BCUT2D eigenvalue weighted by Crippen LogP contribution is -2.06. The number of nitrogens with zero attached hydrogens (tertiary/aromatic N) is 3. The van der Waals surface area contributed by atoms with Crippen LogP contribution in [0.4, 0.5) is 0 Å². The average molecular weight is 430 g/mol. The van der Waals surface area contributed by atoms with Crippen molar-refractivity contribution in [3.8, 4) is 23.6 Å². The van der Waals surface area contributed by atoms with E-state index >= 15 is 0 Å². The van der Waals surface area contributed by atoms with E-state index in [-0.39, 0.29) is 18.0 Å². The Bertz CT molecular complexity index is 1240. The number of methoxy groups -OCH3 is 1. The second-order valence-electron chi connectivity index (χ2n) is 6.33. The highest BCUT2D eigenvalue weighted by Crippen LogP contribution is 2.28. The summed E-state index contributed by atoms with van der Waals surface area (Å²) in [7, 11) is 1.46. The normalized spacial score (nSPS) is 11.5. The molecule has 0 bridgehead atoms. The maximum atomic E-state index is 12.0. The molecular weight excluding hydrogens is 412 g/mol. The lowest BCUT2D eigenvalue weighted by Gasteiger charge is -2.08. The van der Waals surface area contributed by atoms with E-state index in [2.05, 4.69) is 9.97 Å². The van der Waals surface area contributed by atoms with Crippen molar-refractivity contribution < 1.29 is 24.1 Å². The Morgan fingerprint density at radius 3 is 2.75 bits per heavy atom. The molecule has 9 nitrogen and oxygen atoms in total. The molecule has 0 aliphatic rings. The second kappa shape index (κ2) is 10.3. The van der Waals surface area contributed by atoms with Crippen molar-refractivity contribution in [2.24, 2.45) is 0 Å². The van der Waals surface area contributed by atoms with Gasteiger partial charge in [-0.05, 0) is 35.9 Å². The standard InChI is InChI=1S/C23H18N4O5/c1-30-21-12-15(6-8-20(21)31-11-10-24)7-9-22(29)32-14-19(28)16(13-25)23-26-17-4-2-3-5-18(17)27-23/h2-9,12,28H,11,14H2,1H3,(H,26,27). The van der Waals surface area contributed by atoms with Crippen LogP contribution in [0.3, 0.4) is 0 Å². The number of aliphatic hydroxyl groups is 1. The molecular formula is C23H18N4O5. The number of fused-ring (bicyclic) bond motifs is 1. The number of ether oxygens (including phenoxy) is 3. The number of hydrogen-bond acceptors (Lipinski definition) is 8. The number of carbonyl (C=O) groups is 1. The number of aromatic amines is 1. The van der Waals surface area contributed by atoms with Crippen LogP contribution in [0, 0.1) is 22.7 Å². The third kappa shape index (κ3) is 5.23. The summed E-state index contributed by atoms with van der Waals surface area (Å²) in [5.41, 5.74) is 1.86. The van der Waals surface area contributed by atoms with Crippen LogP contribution < -0.4 is 9.47 Å². The number of nitrogens with one attached hydrogen (secondary N) is 1. The van der Waals surface area contributed by atoms with Crippen molar-refractivity contribution >= 4 is 28.7 Å². The van der Waals surface area contributed by atoms with E-state index in [1.165, 1.54) is 19.3 Å². The second-order valence-corrected chi connectivity index (χ2v) is 6.33. The molecule has 0 atom stereocenters. The quantitative estimate of drug-likeness (QED) is 0.239. The van der Waals surface area contributed by atoms with Crippen molar-refractivity contribution in [3.05, 3.63) is 65.7 Å². The van der Waals surface area contributed by atoms with Crippen LogP contribution in [0.1, 0.15) is 11.4 Å². The van der Waals surface area contributed by atoms with E-state index in [0.717, 1.165) is 0 Å². The lowest BCUT2D eigenvalue weighted by atomic mass is 10.2. The summed E-state index contributed by atoms with van der Waals surface area (Å²) in [5.74, 6) is -0.154. The summed E-state index contributed by atoms with van der Waals surface area (Å²) in [4.78, 5) is 19.2. The lowest BCUT2D eigenvalue weighted by molar-refractivity contribution is -0.137. The highest BCUT2D eigenvalue weighted by Gasteiger charge is 2.14. The summed E-state index contributed by atoms with van der Waals surface area (Å²) >= 11 is 0. The zero-order chi connectivity index (χ0) is 22.9. The number of esters is 1. The van der Waals surface area contributed by atoms with Gasteiger partial charge in [-0.1, -0.05) is 18.2 Å². The number of H-pyrrole nitrogens is 1. The van der Waals surface area contributed by atoms with Gasteiger partial charge < -0.3 is 24.3 Å². The monoisotopic (exact) mass is 430 g/mol. The molecule has 0 aliphatic carbocycles. The van der Waals surface area contributed by atoms with Crippen LogP contribution in [0.5, 0.6) is 11.5 Å². The molecule has 2 N–H and O–H groups in total. The number of aliphatic hydroxyl groups excluding tert-OH is 1. The van der Waals surface area contributed by atoms with Crippen LogP contribution in [0.2, 0.25) is 0 Å². The fourth-order valence-electron chi connectivity index (χ4n) is 2.77. The Balaban J connectivity index is 1.66. The first-order chi connectivity index (χ1) is 15.5. The largest absolute Gasteiger partial charge is 0.507 e. The molecule has 0 unspecified atom stereocenters. The summed E-state index contributed by atoms with van der Waals surface area (Å²) < 4.78 is 15.5. The maximum Gasteiger partial charge on any atom is 0.331 e. The number of rotatable bonds is 8. The first-order valence-corrected chi connectivity index (χ1v) is 9.35. The molecule has 0 spiro atoms. The Morgan fingerprint density at radius 1 is 1.22 bits per heavy atom. The van der Waals surface area contributed by atoms with Gasteiger partial charge in [0.05, 0.1) is 18.1 Å². The van der Waals surface area contributed by atoms with E-state index in [0.29, 0.717) is 28.1 Å². The van der Waals surface area contributed by atoms with Gasteiger partial charge >= 0.3 is 5.97 Å². The maximum absolute atomic E-state index is 12.0. The Hall–Kier alpha value is -4.76. The Kier molecular flexibility index (Phi) is 7.08. The van der Waals surface area contributed by atoms with Crippen molar-refractivity contribution in [3.63, 3.8) is 0 Å². The molecule has 0 radical (unpaired) electrons. The fourth-order valence-corrected chi connectivity index (χ4v) is 2.77. The van der Waals surface area contributed by atoms with Crippen LogP contribution in [0.25, 0.3) is 22.7 Å². The molecule has 3 rings (SSSR count). The third-order valence-electron chi connectivity index (χ3n) is 4.27. The minimum absolute atomic E-state index is 0.115. The van der Waals surface area contributed by atoms with Gasteiger partial charge in [0, 0.05) is 6.08 Å². The summed E-state index contributed by atoms with van der Waals surface area (Å²) in [6.07, 6.45) is 2.66. The van der Waals surface area contributed by atoms with Crippen LogP contribution in [-0.2, 0) is 9.53 Å². The number of hydrogen-bond donors (Lipinski definition) is 2. The van der Waals surface area contributed by atoms with Gasteiger partial charge in [-0.2, -0.15) is 10.5 Å². The first kappa shape index (κ1) is 21.9. The van der Waals surface area contributed by atoms with Gasteiger partial charge in [-0.25, -0.2) is 9.78 Å². The number of nitriles is 2. The van der Waals surface area contributed by atoms with Crippen molar-refractivity contribution in [2.75, 3.05) is 20.3 Å². The predicted octanol–water partition coefficient (Wildman–Crippen LogP) is 3.52. The molecule has 1 aromatic heterocycles. The number of imidazole rings is 1. The molecule has 160 valence electrons. The van der Waals surface area contributed by atoms with E-state index in [4.69, 9.17) is 19.5 Å². The van der Waals surface area contributed by atoms with Crippen molar-refractivity contribution in [1.82, 2.24) is 9.97 Å². The van der Waals surface area contributed by atoms with E-state index in [9.17, 15) is 15.2 Å². The highest BCUT2D eigenvalue weighted by atomic mass is 16.5. The number of carbonyl (C=O) groups excluding carboxylic acids is 1. The number of benzene rings is 2. The van der Waals surface area contributed by atoms with Crippen LogP contribution in [-0.4, -0.2) is 41.4 Å². The fraction of sp³-hybridized carbons (Fsp3) is 0.130. The average Bonchev–Trinajstić information content (AvgIpc) is 3.24. The van der Waals surface area contributed by atoms with Gasteiger partial charge in [-0.3, -0.25) is 0 Å². The molecule has 0 saturated carbocycles. The molecule has 1 heterocycles. The number of allylic oxidation sites excluding steroid dienone is 1. The topological polar surface area (TPSA) is 141 Å². The SMILES string of the molecule is COc1cc(C=CC(=O)OCC(O)=C(C#N)c2nc3ccccc3[nH]2)ccc1OCC#N. The first-order valence-electron chi connectivity index (χ1n) is 9.35. The van der Waals surface area contributed by atoms with Gasteiger partial charge in [0.1, 0.15) is 24.3 Å². The highest BCUT2D eigenvalue weighted by molar-refractivity contribution is 5.87. The minimum atomic E-state index is -0.720. The number of aromatic nitrogens is 2. The van der Waals surface area contributed by atoms with Crippen molar-refractivity contribution in [1.29, 1.82) is 10.5 Å². The van der Waals surface area contributed by atoms with Gasteiger partial charge in [0.15, 0.2) is 29.7 Å².